The quantitative estimate of drug-likeness (QED) is 0.594. The molecule has 6 heteroatoms. The Kier molecular flexibility index (Phi) is 3.50. The Bertz CT molecular complexity index is 294. The third-order valence-electron chi connectivity index (χ3n) is 1.80. The van der Waals surface area contributed by atoms with Gasteiger partial charge >= 0.3 is 86.6 Å². The van der Waals surface area contributed by atoms with Crippen molar-refractivity contribution in [3.8, 4) is 0 Å². The van der Waals surface area contributed by atoms with E-state index >= 15 is 0 Å². The average Bonchev–Trinajstić information content (AvgIpc) is 2.54. The molecule has 0 atom stereocenters. The molecule has 1 rings (SSSR count). The van der Waals surface area contributed by atoms with Crippen LogP contribution in [0.25, 0.3) is 0 Å². The monoisotopic (exact) mass is 266 g/mol. The molecule has 0 aliphatic heterocycles. The van der Waals surface area contributed by atoms with Gasteiger partial charge in [-0.15, -0.1) is 0 Å². The Morgan fingerprint density at radius 3 is 2.08 bits per heavy atom. The number of nitrogens with zero attached hydrogens (tertiary/aromatic N) is 4. The van der Waals surface area contributed by atoms with Crippen LogP contribution < -0.4 is 0 Å². The third kappa shape index (κ3) is 1.95. The molecular formula is C7H15N4PSe. The standard InChI is InChI=1S/C7H15N4PSe/c1-9(2)12(13,10(3)4)11-7-5-6-8-11/h5-7H,1-4H3. The van der Waals surface area contributed by atoms with E-state index in [0.29, 0.717) is 0 Å². The average molecular weight is 265 g/mol. The second-order valence-electron chi connectivity index (χ2n) is 3.13. The predicted octanol–water partition coefficient (Wildman–Crippen LogP) is 0.700. The van der Waals surface area contributed by atoms with Crippen molar-refractivity contribution in [1.82, 2.24) is 18.9 Å². The van der Waals surface area contributed by atoms with E-state index in [-0.39, 0.29) is 0 Å². The Labute approximate surface area is 86.9 Å². The summed E-state index contributed by atoms with van der Waals surface area (Å²) in [4.78, 5) is 0. The van der Waals surface area contributed by atoms with E-state index in [1.165, 1.54) is 0 Å². The summed E-state index contributed by atoms with van der Waals surface area (Å²) in [6, 6.07) is 1.94. The Morgan fingerprint density at radius 2 is 1.77 bits per heavy atom. The van der Waals surface area contributed by atoms with E-state index < -0.39 is 5.96 Å². The zero-order valence-corrected chi connectivity index (χ0v) is 11.0. The second-order valence-corrected chi connectivity index (χ2v) is 9.25. The van der Waals surface area contributed by atoms with E-state index in [9.17, 15) is 0 Å². The van der Waals surface area contributed by atoms with Crippen molar-refractivity contribution in [3.05, 3.63) is 18.5 Å². The van der Waals surface area contributed by atoms with E-state index in [1.54, 1.807) is 6.20 Å². The first-order chi connectivity index (χ1) is 5.99. The maximum atomic E-state index is 4.28. The molecule has 74 valence electrons. The molecule has 1 aromatic heterocycles. The molecule has 0 bridgehead atoms. The third-order valence-corrected chi connectivity index (χ3v) is 9.82. The molecule has 1 heterocycles. The minimum atomic E-state index is -1.57. The first kappa shape index (κ1) is 11.2. The summed E-state index contributed by atoms with van der Waals surface area (Å²) in [5, 5.41) is 4.28. The van der Waals surface area contributed by atoms with Crippen LogP contribution in [0, 0.1) is 0 Å². The van der Waals surface area contributed by atoms with Gasteiger partial charge in [0, 0.05) is 0 Å². The van der Waals surface area contributed by atoms with Crippen molar-refractivity contribution in [1.29, 1.82) is 0 Å². The van der Waals surface area contributed by atoms with Gasteiger partial charge in [0.15, 0.2) is 0 Å². The summed E-state index contributed by atoms with van der Waals surface area (Å²) >= 11 is 3.26. The van der Waals surface area contributed by atoms with Crippen LogP contribution in [0.5, 0.6) is 0 Å². The molecule has 0 fully saturated rings. The molecule has 13 heavy (non-hydrogen) atoms. The first-order valence-electron chi connectivity index (χ1n) is 3.95. The summed E-state index contributed by atoms with van der Waals surface area (Å²) in [6.45, 7) is 0. The van der Waals surface area contributed by atoms with Crippen LogP contribution in [0.1, 0.15) is 0 Å². The van der Waals surface area contributed by atoms with E-state index in [4.69, 9.17) is 0 Å². The van der Waals surface area contributed by atoms with Gasteiger partial charge in [0.05, 0.1) is 0 Å². The minimum absolute atomic E-state index is 1.57. The van der Waals surface area contributed by atoms with Crippen molar-refractivity contribution in [3.63, 3.8) is 0 Å². The summed E-state index contributed by atoms with van der Waals surface area (Å²) in [5.41, 5.74) is 0. The summed E-state index contributed by atoms with van der Waals surface area (Å²) < 4.78 is 6.35. The molecule has 0 spiro atoms. The van der Waals surface area contributed by atoms with Crippen molar-refractivity contribution in [2.45, 2.75) is 0 Å². The fraction of sp³-hybridized carbons (Fsp3) is 0.571. The number of hydrogen-bond acceptors (Lipinski definition) is 3. The SMILES string of the molecule is CN(C)P(=[Se])(N(C)C)n1cccn1. The molecular weight excluding hydrogens is 250 g/mol. The molecule has 0 saturated carbocycles. The van der Waals surface area contributed by atoms with Gasteiger partial charge in [-0.1, -0.05) is 0 Å². The van der Waals surface area contributed by atoms with Gasteiger partial charge in [-0.05, 0) is 0 Å². The topological polar surface area (TPSA) is 24.3 Å². The second kappa shape index (κ2) is 4.07. The van der Waals surface area contributed by atoms with E-state index in [2.05, 4.69) is 57.7 Å². The molecule has 0 aliphatic rings. The van der Waals surface area contributed by atoms with E-state index in [0.717, 1.165) is 0 Å². The molecule has 4 nitrogen and oxygen atoms in total. The zero-order chi connectivity index (χ0) is 10.1. The van der Waals surface area contributed by atoms with Crippen LogP contribution >= 0.6 is 5.96 Å². The summed E-state index contributed by atoms with van der Waals surface area (Å²) in [6.07, 6.45) is 3.80. The van der Waals surface area contributed by atoms with Crippen molar-refractivity contribution in [2.75, 3.05) is 28.2 Å². The van der Waals surface area contributed by atoms with Gasteiger partial charge in [-0.25, -0.2) is 0 Å². The molecule has 0 N–H and O–H groups in total. The van der Waals surface area contributed by atoms with E-state index in [1.807, 2.05) is 16.7 Å². The molecule has 0 aliphatic carbocycles. The number of hydrogen-bond donors (Lipinski definition) is 0. The van der Waals surface area contributed by atoms with Crippen molar-refractivity contribution < 1.29 is 0 Å². The Balaban J connectivity index is 3.14. The summed E-state index contributed by atoms with van der Waals surface area (Å²) in [5.74, 6) is -1.57. The first-order valence-corrected chi connectivity index (χ1v) is 7.82. The van der Waals surface area contributed by atoms with Gasteiger partial charge in [0.1, 0.15) is 0 Å². The maximum absolute atomic E-state index is 4.28. The van der Waals surface area contributed by atoms with Crippen LogP contribution in [0.15, 0.2) is 18.5 Å². The van der Waals surface area contributed by atoms with Crippen LogP contribution in [0.4, 0.5) is 0 Å². The van der Waals surface area contributed by atoms with Gasteiger partial charge in [0.2, 0.25) is 0 Å². The predicted molar refractivity (Wildman–Crippen MR) is 57.7 cm³/mol. The van der Waals surface area contributed by atoms with Crippen molar-refractivity contribution >= 4 is 21.1 Å². The molecule has 0 amide bonds. The number of aromatic nitrogens is 2. The van der Waals surface area contributed by atoms with Gasteiger partial charge < -0.3 is 0 Å². The number of rotatable bonds is 3. The molecule has 0 saturated heterocycles. The van der Waals surface area contributed by atoms with Crippen LogP contribution in [-0.4, -0.2) is 62.2 Å². The molecule has 0 radical (unpaired) electrons. The molecule has 0 unspecified atom stereocenters. The summed E-state index contributed by atoms with van der Waals surface area (Å²) in [7, 11) is 8.25. The Hall–Kier alpha value is 0.0795. The van der Waals surface area contributed by atoms with Gasteiger partial charge in [-0.3, -0.25) is 0 Å². The Morgan fingerprint density at radius 1 is 1.23 bits per heavy atom. The van der Waals surface area contributed by atoms with Crippen molar-refractivity contribution in [2.24, 2.45) is 0 Å². The normalized spacial score (nSPS) is 12.8. The van der Waals surface area contributed by atoms with Crippen LogP contribution in [0.2, 0.25) is 0 Å². The molecule has 0 aromatic carbocycles. The van der Waals surface area contributed by atoms with Crippen LogP contribution in [0.3, 0.4) is 0 Å². The fourth-order valence-electron chi connectivity index (χ4n) is 1.14. The van der Waals surface area contributed by atoms with Gasteiger partial charge in [0.25, 0.3) is 0 Å². The fourth-order valence-corrected chi connectivity index (χ4v) is 3.64. The van der Waals surface area contributed by atoms with Crippen LogP contribution in [-0.2, 0) is 0 Å². The molecule has 1 aromatic rings. The van der Waals surface area contributed by atoms with Gasteiger partial charge in [-0.2, -0.15) is 0 Å². The zero-order valence-electron chi connectivity index (χ0n) is 8.38.